The van der Waals surface area contributed by atoms with Crippen molar-refractivity contribution in [2.75, 3.05) is 6.54 Å². The maximum Gasteiger partial charge on any atom is 0.257 e. The van der Waals surface area contributed by atoms with Gasteiger partial charge < -0.3 is 5.73 Å². The van der Waals surface area contributed by atoms with Crippen molar-refractivity contribution >= 4 is 10.0 Å². The van der Waals surface area contributed by atoms with E-state index in [4.69, 9.17) is 5.73 Å². The zero-order chi connectivity index (χ0) is 12.0. The number of aromatic nitrogens is 2. The molecule has 0 radical (unpaired) electrons. The Hall–Kier alpha value is -0.920. The van der Waals surface area contributed by atoms with Crippen LogP contribution in [-0.4, -0.2) is 25.2 Å². The van der Waals surface area contributed by atoms with Crippen LogP contribution in [0.4, 0.5) is 0 Å². The first-order valence-corrected chi connectivity index (χ1v) is 6.82. The fraction of sp³-hybridized carbons (Fsp3) is 0.667. The molecule has 0 atom stereocenters. The molecule has 92 valence electrons. The fourth-order valence-electron chi connectivity index (χ4n) is 1.33. The van der Waals surface area contributed by atoms with Gasteiger partial charge in [0.15, 0.2) is 5.03 Å². The summed E-state index contributed by atoms with van der Waals surface area (Å²) in [5, 5.41) is 6.21. The lowest BCUT2D eigenvalue weighted by atomic mass is 10.3. The summed E-state index contributed by atoms with van der Waals surface area (Å²) in [6, 6.07) is 0. The third-order valence-corrected chi connectivity index (χ3v) is 3.71. The minimum absolute atomic E-state index is 0.0755. The first-order chi connectivity index (χ1) is 7.61. The second kappa shape index (κ2) is 5.97. The van der Waals surface area contributed by atoms with E-state index in [1.165, 1.54) is 6.20 Å². The fourth-order valence-corrected chi connectivity index (χ4v) is 2.54. The number of aromatic amines is 1. The Kier molecular flexibility index (Phi) is 4.91. The Morgan fingerprint density at radius 3 is 2.88 bits per heavy atom. The molecule has 16 heavy (non-hydrogen) atoms. The quantitative estimate of drug-likeness (QED) is 0.604. The number of nitrogens with zero attached hydrogens (tertiary/aromatic N) is 1. The van der Waals surface area contributed by atoms with E-state index >= 15 is 0 Å². The SMILES string of the molecule is CCCCCNS(=O)(=O)c1[nH]ncc1CN. The van der Waals surface area contributed by atoms with E-state index in [2.05, 4.69) is 21.8 Å². The molecule has 0 spiro atoms. The van der Waals surface area contributed by atoms with E-state index in [-0.39, 0.29) is 11.6 Å². The summed E-state index contributed by atoms with van der Waals surface area (Å²) < 4.78 is 26.1. The van der Waals surface area contributed by atoms with Gasteiger partial charge in [0.1, 0.15) is 0 Å². The van der Waals surface area contributed by atoms with Gasteiger partial charge in [-0.1, -0.05) is 19.8 Å². The molecule has 7 heteroatoms. The number of nitrogens with one attached hydrogen (secondary N) is 2. The van der Waals surface area contributed by atoms with E-state index in [0.29, 0.717) is 12.1 Å². The summed E-state index contributed by atoms with van der Waals surface area (Å²) in [6.45, 7) is 2.66. The normalized spacial score (nSPS) is 11.9. The Balaban J connectivity index is 2.64. The van der Waals surface area contributed by atoms with Gasteiger partial charge in [0.2, 0.25) is 0 Å². The van der Waals surface area contributed by atoms with Crippen molar-refractivity contribution < 1.29 is 8.42 Å². The van der Waals surface area contributed by atoms with Crippen molar-refractivity contribution in [3.63, 3.8) is 0 Å². The van der Waals surface area contributed by atoms with E-state index in [0.717, 1.165) is 19.3 Å². The Morgan fingerprint density at radius 1 is 1.50 bits per heavy atom. The van der Waals surface area contributed by atoms with E-state index in [1.807, 2.05) is 0 Å². The number of sulfonamides is 1. The second-order valence-corrected chi connectivity index (χ2v) is 5.24. The zero-order valence-corrected chi connectivity index (χ0v) is 10.2. The molecule has 0 aromatic carbocycles. The number of hydrogen-bond acceptors (Lipinski definition) is 4. The van der Waals surface area contributed by atoms with Crippen LogP contribution in [-0.2, 0) is 16.6 Å². The number of unbranched alkanes of at least 4 members (excludes halogenated alkanes) is 2. The lowest BCUT2D eigenvalue weighted by Crippen LogP contribution is -2.26. The molecule has 0 unspecified atom stereocenters. The number of nitrogens with two attached hydrogens (primary N) is 1. The van der Waals surface area contributed by atoms with Crippen molar-refractivity contribution in [3.05, 3.63) is 11.8 Å². The molecule has 4 N–H and O–H groups in total. The third-order valence-electron chi connectivity index (χ3n) is 2.24. The molecule has 1 heterocycles. The molecule has 0 amide bonds. The summed E-state index contributed by atoms with van der Waals surface area (Å²) in [5.41, 5.74) is 5.92. The van der Waals surface area contributed by atoms with Crippen molar-refractivity contribution in [2.45, 2.75) is 37.8 Å². The van der Waals surface area contributed by atoms with Crippen LogP contribution in [0.25, 0.3) is 0 Å². The first kappa shape index (κ1) is 13.1. The van der Waals surface area contributed by atoms with Crippen molar-refractivity contribution in [1.82, 2.24) is 14.9 Å². The lowest BCUT2D eigenvalue weighted by Gasteiger charge is -2.05. The van der Waals surface area contributed by atoms with Crippen LogP contribution in [0.5, 0.6) is 0 Å². The van der Waals surface area contributed by atoms with Gasteiger partial charge in [0.05, 0.1) is 6.20 Å². The molecular weight excluding hydrogens is 228 g/mol. The predicted octanol–water partition coefficient (Wildman–Crippen LogP) is 0.337. The van der Waals surface area contributed by atoms with Crippen molar-refractivity contribution in [2.24, 2.45) is 5.73 Å². The number of H-pyrrole nitrogens is 1. The number of hydrogen-bond donors (Lipinski definition) is 3. The van der Waals surface area contributed by atoms with Gasteiger partial charge in [-0.25, -0.2) is 13.1 Å². The van der Waals surface area contributed by atoms with Crippen LogP contribution < -0.4 is 10.5 Å². The van der Waals surface area contributed by atoms with Crippen LogP contribution in [0.1, 0.15) is 31.7 Å². The molecule has 0 bridgehead atoms. The molecule has 0 aliphatic carbocycles. The highest BCUT2D eigenvalue weighted by Gasteiger charge is 2.19. The molecule has 0 saturated heterocycles. The Labute approximate surface area is 95.7 Å². The molecule has 0 aliphatic heterocycles. The van der Waals surface area contributed by atoms with Crippen LogP contribution in [0.3, 0.4) is 0 Å². The Morgan fingerprint density at radius 2 is 2.25 bits per heavy atom. The minimum Gasteiger partial charge on any atom is -0.326 e. The van der Waals surface area contributed by atoms with Gasteiger partial charge in [0.25, 0.3) is 10.0 Å². The molecular formula is C9H18N4O2S. The highest BCUT2D eigenvalue weighted by atomic mass is 32.2. The highest BCUT2D eigenvalue weighted by molar-refractivity contribution is 7.89. The number of rotatable bonds is 7. The average Bonchev–Trinajstić information content (AvgIpc) is 2.73. The second-order valence-electron chi connectivity index (χ2n) is 3.53. The average molecular weight is 246 g/mol. The molecule has 1 aromatic heterocycles. The van der Waals surface area contributed by atoms with Crippen molar-refractivity contribution in [1.29, 1.82) is 0 Å². The molecule has 1 rings (SSSR count). The lowest BCUT2D eigenvalue weighted by molar-refractivity contribution is 0.570. The maximum absolute atomic E-state index is 11.8. The molecule has 6 nitrogen and oxygen atoms in total. The minimum atomic E-state index is -3.49. The molecule has 0 saturated carbocycles. The smallest absolute Gasteiger partial charge is 0.257 e. The molecule has 1 aromatic rings. The Bertz CT molecular complexity index is 413. The zero-order valence-electron chi connectivity index (χ0n) is 9.36. The summed E-state index contributed by atoms with van der Waals surface area (Å²) in [7, 11) is -3.49. The van der Waals surface area contributed by atoms with Crippen LogP contribution in [0.2, 0.25) is 0 Å². The topological polar surface area (TPSA) is 101 Å². The van der Waals surface area contributed by atoms with Gasteiger partial charge >= 0.3 is 0 Å². The first-order valence-electron chi connectivity index (χ1n) is 5.33. The summed E-state index contributed by atoms with van der Waals surface area (Å²) >= 11 is 0. The largest absolute Gasteiger partial charge is 0.326 e. The molecule has 0 fully saturated rings. The van der Waals surface area contributed by atoms with E-state index < -0.39 is 10.0 Å². The maximum atomic E-state index is 11.8. The van der Waals surface area contributed by atoms with Gasteiger partial charge in [-0.3, -0.25) is 5.10 Å². The van der Waals surface area contributed by atoms with Crippen LogP contribution in [0.15, 0.2) is 11.2 Å². The van der Waals surface area contributed by atoms with E-state index in [1.54, 1.807) is 0 Å². The van der Waals surface area contributed by atoms with Crippen molar-refractivity contribution in [3.8, 4) is 0 Å². The predicted molar refractivity (Wildman–Crippen MR) is 61.2 cm³/mol. The van der Waals surface area contributed by atoms with Gasteiger partial charge in [-0.2, -0.15) is 5.10 Å². The van der Waals surface area contributed by atoms with Crippen LogP contribution >= 0.6 is 0 Å². The van der Waals surface area contributed by atoms with Gasteiger partial charge in [0, 0.05) is 18.7 Å². The summed E-state index contributed by atoms with van der Waals surface area (Å²) in [5.74, 6) is 0. The summed E-state index contributed by atoms with van der Waals surface area (Å²) in [6.07, 6.45) is 4.33. The van der Waals surface area contributed by atoms with E-state index in [9.17, 15) is 8.42 Å². The van der Waals surface area contributed by atoms with Gasteiger partial charge in [-0.15, -0.1) is 0 Å². The summed E-state index contributed by atoms with van der Waals surface area (Å²) in [4.78, 5) is 0. The third kappa shape index (κ3) is 3.29. The highest BCUT2D eigenvalue weighted by Crippen LogP contribution is 2.10. The monoisotopic (exact) mass is 246 g/mol. The van der Waals surface area contributed by atoms with Crippen LogP contribution in [0, 0.1) is 0 Å². The molecule has 0 aliphatic rings. The van der Waals surface area contributed by atoms with Gasteiger partial charge in [-0.05, 0) is 6.42 Å². The standard InChI is InChI=1S/C9H18N4O2S/c1-2-3-4-5-12-16(14,15)9-8(6-10)7-11-13-9/h7,12H,2-6,10H2,1H3,(H,11,13).